The Morgan fingerprint density at radius 3 is 1.25 bits per heavy atom. The summed E-state index contributed by atoms with van der Waals surface area (Å²) in [5, 5.41) is 0. The molecule has 2 rings (SSSR count). The zero-order valence-corrected chi connectivity index (χ0v) is 23.0. The third-order valence-electron chi connectivity index (χ3n) is 6.17. The van der Waals surface area contributed by atoms with Gasteiger partial charge in [-0.2, -0.15) is 0 Å². The van der Waals surface area contributed by atoms with Crippen LogP contribution in [0.1, 0.15) is 60.2 Å². The Hall–Kier alpha value is -2.70. The van der Waals surface area contributed by atoms with E-state index in [1.165, 1.54) is 0 Å². The van der Waals surface area contributed by atoms with Crippen molar-refractivity contribution >= 4 is 11.6 Å². The van der Waals surface area contributed by atoms with Gasteiger partial charge in [0.15, 0.2) is 11.6 Å². The fourth-order valence-electron chi connectivity index (χ4n) is 4.51. The summed E-state index contributed by atoms with van der Waals surface area (Å²) in [6, 6.07) is 14.9. The van der Waals surface area contributed by atoms with E-state index in [9.17, 15) is 9.59 Å². The van der Waals surface area contributed by atoms with E-state index in [0.29, 0.717) is 26.3 Å². The maximum absolute atomic E-state index is 13.3. The first-order valence-electron chi connectivity index (χ1n) is 13.1. The van der Waals surface area contributed by atoms with Crippen LogP contribution >= 0.6 is 0 Å². The molecule has 0 fully saturated rings. The van der Waals surface area contributed by atoms with Gasteiger partial charge in [0.2, 0.25) is 0 Å². The number of benzene rings is 2. The molecule has 0 heterocycles. The normalized spacial score (nSPS) is 13.0. The summed E-state index contributed by atoms with van der Waals surface area (Å²) in [5.74, 6) is 1.74. The van der Waals surface area contributed by atoms with Crippen molar-refractivity contribution in [2.24, 2.45) is 11.8 Å². The number of unbranched alkanes of at least 4 members (excludes halogenated alkanes) is 1. The highest BCUT2D eigenvalue weighted by Crippen LogP contribution is 2.23. The molecule has 0 aliphatic heterocycles. The minimum Gasteiger partial charge on any atom is -0.494 e. The van der Waals surface area contributed by atoms with Gasteiger partial charge in [0, 0.05) is 36.1 Å². The van der Waals surface area contributed by atoms with Gasteiger partial charge in [-0.25, -0.2) is 0 Å². The summed E-state index contributed by atoms with van der Waals surface area (Å²) in [5.41, 5.74) is 1.45. The number of hydrogen-bond acceptors (Lipinski definition) is 6. The van der Waals surface area contributed by atoms with Crippen molar-refractivity contribution < 1.29 is 19.1 Å². The van der Waals surface area contributed by atoms with Crippen molar-refractivity contribution in [2.75, 3.05) is 54.5 Å². The number of carbonyl (C=O) groups excluding carboxylic acids is 2. The molecule has 2 unspecified atom stereocenters. The molecule has 0 N–H and O–H groups in total. The third kappa shape index (κ3) is 9.75. The second-order valence-corrected chi connectivity index (χ2v) is 9.85. The van der Waals surface area contributed by atoms with Crippen LogP contribution in [0.25, 0.3) is 0 Å². The average Bonchev–Trinajstić information content (AvgIpc) is 2.85. The minimum absolute atomic E-state index is 0.0768. The molecule has 6 nitrogen and oxygen atoms in total. The highest BCUT2D eigenvalue weighted by atomic mass is 16.5. The molecule has 0 saturated carbocycles. The number of carbonyl (C=O) groups is 2. The molecule has 6 heteroatoms. The summed E-state index contributed by atoms with van der Waals surface area (Å²) in [4.78, 5) is 30.6. The number of ether oxygens (including phenoxy) is 2. The molecule has 0 saturated heterocycles. The lowest BCUT2D eigenvalue weighted by atomic mass is 9.88. The first kappa shape index (κ1) is 29.5. The predicted molar refractivity (Wildman–Crippen MR) is 146 cm³/mol. The zero-order valence-electron chi connectivity index (χ0n) is 23.0. The SMILES string of the molecule is CCOc1ccc(C(=O)C(CCCCC(CN(C)C)C(=O)c2ccc(OCC)cc2)CN(C)C)cc1. The van der Waals surface area contributed by atoms with E-state index in [1.807, 2.05) is 90.6 Å². The van der Waals surface area contributed by atoms with Crippen LogP contribution in [0.3, 0.4) is 0 Å². The van der Waals surface area contributed by atoms with Crippen LogP contribution in [0.15, 0.2) is 48.5 Å². The monoisotopic (exact) mass is 496 g/mol. The molecule has 0 amide bonds. The molecular formula is C30H44N2O4. The maximum Gasteiger partial charge on any atom is 0.167 e. The fraction of sp³-hybridized carbons (Fsp3) is 0.533. The number of nitrogens with zero attached hydrogens (tertiary/aromatic N) is 2. The van der Waals surface area contributed by atoms with E-state index in [0.717, 1.165) is 48.3 Å². The molecule has 2 atom stereocenters. The summed E-state index contributed by atoms with van der Waals surface area (Å²) in [7, 11) is 8.00. The predicted octanol–water partition coefficient (Wildman–Crippen LogP) is 5.47. The smallest absolute Gasteiger partial charge is 0.167 e. The van der Waals surface area contributed by atoms with Crippen molar-refractivity contribution in [3.05, 3.63) is 59.7 Å². The van der Waals surface area contributed by atoms with Crippen LogP contribution in [0.2, 0.25) is 0 Å². The van der Waals surface area contributed by atoms with E-state index in [4.69, 9.17) is 9.47 Å². The molecule has 0 spiro atoms. The van der Waals surface area contributed by atoms with Gasteiger partial charge in [0.05, 0.1) is 13.2 Å². The van der Waals surface area contributed by atoms with Gasteiger partial charge in [0.1, 0.15) is 11.5 Å². The minimum atomic E-state index is -0.0768. The quantitative estimate of drug-likeness (QED) is 0.214. The van der Waals surface area contributed by atoms with Crippen molar-refractivity contribution in [1.82, 2.24) is 9.80 Å². The number of Topliss-reactive ketones (excluding diaryl/α,β-unsaturated/α-hetero) is 2. The van der Waals surface area contributed by atoms with Crippen LogP contribution in [-0.4, -0.2) is 75.9 Å². The molecule has 198 valence electrons. The Morgan fingerprint density at radius 2 is 0.972 bits per heavy atom. The number of rotatable bonds is 17. The van der Waals surface area contributed by atoms with Crippen LogP contribution in [-0.2, 0) is 0 Å². The molecule has 36 heavy (non-hydrogen) atoms. The summed E-state index contributed by atoms with van der Waals surface area (Å²) >= 11 is 0. The molecule has 0 aliphatic rings. The lowest BCUT2D eigenvalue weighted by Gasteiger charge is -2.22. The number of hydrogen-bond donors (Lipinski definition) is 0. The highest BCUT2D eigenvalue weighted by molar-refractivity contribution is 5.98. The Kier molecular flexibility index (Phi) is 12.6. The van der Waals surface area contributed by atoms with Gasteiger partial charge >= 0.3 is 0 Å². The van der Waals surface area contributed by atoms with Gasteiger partial charge in [-0.3, -0.25) is 9.59 Å². The van der Waals surface area contributed by atoms with Crippen LogP contribution in [0.5, 0.6) is 11.5 Å². The molecular weight excluding hydrogens is 452 g/mol. The topological polar surface area (TPSA) is 59.1 Å². The van der Waals surface area contributed by atoms with Crippen LogP contribution in [0.4, 0.5) is 0 Å². The summed E-state index contributed by atoms with van der Waals surface area (Å²) < 4.78 is 11.0. The second kappa shape index (κ2) is 15.4. The molecule has 2 aromatic rings. The highest BCUT2D eigenvalue weighted by Gasteiger charge is 2.23. The van der Waals surface area contributed by atoms with E-state index >= 15 is 0 Å². The third-order valence-corrected chi connectivity index (χ3v) is 6.17. The Bertz CT molecular complexity index is 845. The van der Waals surface area contributed by atoms with Crippen LogP contribution < -0.4 is 9.47 Å². The first-order chi connectivity index (χ1) is 17.2. The largest absolute Gasteiger partial charge is 0.494 e. The van der Waals surface area contributed by atoms with E-state index in [1.54, 1.807) is 0 Å². The summed E-state index contributed by atoms with van der Waals surface area (Å²) in [6.45, 7) is 6.51. The van der Waals surface area contributed by atoms with Gasteiger partial charge in [0.25, 0.3) is 0 Å². The van der Waals surface area contributed by atoms with E-state index in [-0.39, 0.29) is 23.4 Å². The number of ketones is 2. The van der Waals surface area contributed by atoms with E-state index < -0.39 is 0 Å². The summed E-state index contributed by atoms with van der Waals surface area (Å²) in [6.07, 6.45) is 3.41. The van der Waals surface area contributed by atoms with Crippen molar-refractivity contribution in [3.8, 4) is 11.5 Å². The molecule has 0 bridgehead atoms. The van der Waals surface area contributed by atoms with Gasteiger partial charge < -0.3 is 19.3 Å². The zero-order chi connectivity index (χ0) is 26.5. The first-order valence-corrected chi connectivity index (χ1v) is 13.1. The average molecular weight is 497 g/mol. The lowest BCUT2D eigenvalue weighted by molar-refractivity contribution is 0.0867. The Morgan fingerprint density at radius 1 is 0.639 bits per heavy atom. The standard InChI is InChI=1S/C30H44N2O4/c1-7-35-27-17-13-23(14-18-27)29(33)25(21-31(3)4)11-9-10-12-26(22-32(5)6)30(34)24-15-19-28(20-16-24)36-8-2/h13-20,25-26H,7-12,21-22H2,1-6H3. The molecule has 0 aliphatic carbocycles. The fourth-order valence-corrected chi connectivity index (χ4v) is 4.51. The van der Waals surface area contributed by atoms with Gasteiger partial charge in [-0.1, -0.05) is 12.8 Å². The molecule has 0 radical (unpaired) electrons. The van der Waals surface area contributed by atoms with Crippen molar-refractivity contribution in [2.45, 2.75) is 39.5 Å². The van der Waals surface area contributed by atoms with Gasteiger partial charge in [-0.05, 0) is 103 Å². The lowest BCUT2D eigenvalue weighted by Crippen LogP contribution is -2.29. The van der Waals surface area contributed by atoms with Crippen molar-refractivity contribution in [1.29, 1.82) is 0 Å². The molecule has 0 aromatic heterocycles. The Labute approximate surface area is 217 Å². The van der Waals surface area contributed by atoms with Crippen molar-refractivity contribution in [3.63, 3.8) is 0 Å². The van der Waals surface area contributed by atoms with Crippen LogP contribution in [0, 0.1) is 11.8 Å². The Balaban J connectivity index is 1.99. The maximum atomic E-state index is 13.3. The molecule has 2 aromatic carbocycles. The van der Waals surface area contributed by atoms with Gasteiger partial charge in [-0.15, -0.1) is 0 Å². The second-order valence-electron chi connectivity index (χ2n) is 9.85. The van der Waals surface area contributed by atoms with E-state index in [2.05, 4.69) is 9.80 Å².